The Kier molecular flexibility index (Phi) is 31.9. The number of benzene rings is 2. The molecule has 0 saturated carbocycles. The fourth-order valence-corrected chi connectivity index (χ4v) is 1.52. The van der Waals surface area contributed by atoms with Crippen LogP contribution in [0.1, 0.15) is 20.7 Å². The Morgan fingerprint density at radius 2 is 1.16 bits per heavy atom. The van der Waals surface area contributed by atoms with Gasteiger partial charge in [-0.2, -0.15) is 19.2 Å². The van der Waals surface area contributed by atoms with Crippen LogP contribution in [0.2, 0.25) is 0 Å². The summed E-state index contributed by atoms with van der Waals surface area (Å²) in [6.45, 7) is 0. The third-order valence-electron chi connectivity index (χ3n) is 2.45. The predicted octanol–water partition coefficient (Wildman–Crippen LogP) is -13.2. The van der Waals surface area contributed by atoms with Crippen molar-refractivity contribution in [3.63, 3.8) is 0 Å². The minimum absolute atomic E-state index is 0. The van der Waals surface area contributed by atoms with E-state index >= 15 is 0 Å². The first-order valence-electron chi connectivity index (χ1n) is 6.43. The zero-order valence-electron chi connectivity index (χ0n) is 17.0. The smallest absolute Gasteiger partial charge is 0.596 e. The molecule has 0 aliphatic carbocycles. The number of azo groups is 1. The number of nitrogens with zero attached hydrogens (tertiary/aromatic N) is 2. The van der Waals surface area contributed by atoms with Gasteiger partial charge in [-0.25, -0.2) is 0 Å². The Balaban J connectivity index is -0.000000203. The molecule has 138 valence electrons. The molecule has 11 nitrogen and oxygen atoms in total. The molecule has 2 rings (SSSR count). The molecule has 0 heterocycles. The van der Waals surface area contributed by atoms with Crippen molar-refractivity contribution < 1.29 is 162 Å². The first-order chi connectivity index (χ1) is 12.8. The van der Waals surface area contributed by atoms with Crippen molar-refractivity contribution in [2.24, 2.45) is 5.11 Å². The van der Waals surface area contributed by atoms with Gasteiger partial charge < -0.3 is 43.2 Å². The van der Waals surface area contributed by atoms with Crippen LogP contribution in [0.3, 0.4) is 0 Å². The van der Waals surface area contributed by atoms with Gasteiger partial charge in [0.2, 0.25) is 5.69 Å². The van der Waals surface area contributed by atoms with E-state index in [2.05, 4.69) is 17.2 Å². The monoisotopic (exact) mass is 462 g/mol. The molecule has 0 aliphatic rings. The SMILES string of the molecule is O=C([O-])c1cc(C(=O)[O-])cc([N+]([O-])=Nc2c[c-]c[c-]c2)c1.O=C=O.O=C=O.[Na+].[Na+].[Na+].[Na+]. The van der Waals surface area contributed by atoms with Crippen molar-refractivity contribution in [1.82, 2.24) is 0 Å². The molecule has 15 heteroatoms. The molecule has 31 heavy (non-hydrogen) atoms. The molecular formula is C16H6N2Na4O9. The molecule has 0 bridgehead atoms. The second kappa shape index (κ2) is 24.2. The number of hydrogen-bond acceptors (Lipinski definition) is 10. The van der Waals surface area contributed by atoms with Gasteiger partial charge in [-0.1, -0.05) is 10.5 Å². The van der Waals surface area contributed by atoms with Gasteiger partial charge in [0, 0.05) is 23.3 Å². The summed E-state index contributed by atoms with van der Waals surface area (Å²) < 4.78 is 0. The quantitative estimate of drug-likeness (QED) is 0.140. The number of carboxylic acids is 2. The van der Waals surface area contributed by atoms with Gasteiger partial charge in [0.05, 0.1) is 11.9 Å². The maximum absolute atomic E-state index is 11.9. The van der Waals surface area contributed by atoms with Gasteiger partial charge in [-0.15, -0.1) is 5.11 Å². The van der Waals surface area contributed by atoms with E-state index < -0.39 is 23.1 Å². The van der Waals surface area contributed by atoms with Crippen LogP contribution in [0, 0.1) is 17.3 Å². The Morgan fingerprint density at radius 3 is 1.48 bits per heavy atom. The number of carbonyl (C=O) groups is 2. The second-order valence-corrected chi connectivity index (χ2v) is 4.07. The average molecular weight is 462 g/mol. The summed E-state index contributed by atoms with van der Waals surface area (Å²) >= 11 is 0. The van der Waals surface area contributed by atoms with Gasteiger partial charge in [-0.3, -0.25) is 12.1 Å². The summed E-state index contributed by atoms with van der Waals surface area (Å²) in [5.41, 5.74) is -0.982. The largest absolute Gasteiger partial charge is 1.00 e. The van der Waals surface area contributed by atoms with Crippen LogP contribution in [-0.4, -0.2) is 29.1 Å². The summed E-state index contributed by atoms with van der Waals surface area (Å²) in [4.78, 5) is 54.2. The zero-order valence-corrected chi connectivity index (χ0v) is 25.0. The van der Waals surface area contributed by atoms with Crippen molar-refractivity contribution in [3.8, 4) is 0 Å². The average Bonchev–Trinajstić information content (AvgIpc) is 2.63. The van der Waals surface area contributed by atoms with E-state index in [9.17, 15) is 25.0 Å². The molecule has 2 aromatic carbocycles. The summed E-state index contributed by atoms with van der Waals surface area (Å²) in [5.74, 6) is -3.23. The zero-order chi connectivity index (χ0) is 20.8. The molecule has 0 N–H and O–H groups in total. The standard InChI is InChI=1S/C14H8N2O5.2CO2.4Na/c17-13(18)9-6-10(14(19)20)8-12(7-9)16(21)15-11-4-2-1-3-5-11;2*2-1-3;;;;/h1,4-8H,(H,17,18)(H,19,20);;;;;;/q-2;;;4*+1/p-2. The Hall–Kier alpha value is -0.460. The maximum atomic E-state index is 11.9. The van der Waals surface area contributed by atoms with Gasteiger partial charge in [0.15, 0.2) is 0 Å². The number of carboxylic acid groups (broad SMARTS) is 2. The Morgan fingerprint density at radius 1 is 0.806 bits per heavy atom. The van der Waals surface area contributed by atoms with E-state index in [1.165, 1.54) is 18.2 Å². The fourth-order valence-electron chi connectivity index (χ4n) is 1.52. The van der Waals surface area contributed by atoms with Gasteiger partial charge in [0.1, 0.15) is 0 Å². The normalized spacial score (nSPS) is 8.06. The first-order valence-corrected chi connectivity index (χ1v) is 6.43. The van der Waals surface area contributed by atoms with Gasteiger partial charge in [0.25, 0.3) is 0 Å². The molecule has 0 aliphatic heterocycles. The summed E-state index contributed by atoms with van der Waals surface area (Å²) in [5, 5.41) is 37.1. The van der Waals surface area contributed by atoms with E-state index in [0.717, 1.165) is 18.2 Å². The number of rotatable bonds is 4. The van der Waals surface area contributed by atoms with E-state index in [0.29, 0.717) is 0 Å². The second-order valence-electron chi connectivity index (χ2n) is 4.07. The van der Waals surface area contributed by atoms with Crippen LogP contribution in [0.4, 0.5) is 11.4 Å². The van der Waals surface area contributed by atoms with Crippen LogP contribution < -0.4 is 128 Å². The molecule has 0 fully saturated rings. The molecule has 2 aromatic rings. The fraction of sp³-hybridized carbons (Fsp3) is 0. The topological polar surface area (TPSA) is 187 Å². The maximum Gasteiger partial charge on any atom is 1.00 e. The number of aromatic carboxylic acids is 2. The summed E-state index contributed by atoms with van der Waals surface area (Å²) in [6, 6.07) is 12.4. The van der Waals surface area contributed by atoms with E-state index in [-0.39, 0.29) is 147 Å². The minimum atomic E-state index is -1.62. The summed E-state index contributed by atoms with van der Waals surface area (Å²) in [6.07, 6.45) is 0.500. The van der Waals surface area contributed by atoms with Crippen molar-refractivity contribution >= 4 is 35.6 Å². The van der Waals surface area contributed by atoms with Crippen LogP contribution in [0.5, 0.6) is 0 Å². The van der Waals surface area contributed by atoms with Crippen LogP contribution in [-0.2, 0) is 19.2 Å². The molecule has 0 spiro atoms. The van der Waals surface area contributed by atoms with Crippen molar-refractivity contribution in [3.05, 3.63) is 64.9 Å². The van der Waals surface area contributed by atoms with Gasteiger partial charge >= 0.3 is 131 Å². The van der Waals surface area contributed by atoms with Crippen molar-refractivity contribution in [2.75, 3.05) is 0 Å². The number of carbonyl (C=O) groups excluding carboxylic acids is 6. The molecule has 0 saturated heterocycles. The molecule has 0 radical (unpaired) electrons. The molecule has 0 aromatic heterocycles. The third kappa shape index (κ3) is 17.7. The molecule has 0 atom stereocenters. The third-order valence-corrected chi connectivity index (χ3v) is 2.45. The van der Waals surface area contributed by atoms with E-state index in [4.69, 9.17) is 19.2 Å². The van der Waals surface area contributed by atoms with Crippen LogP contribution in [0.15, 0.2) is 41.5 Å². The Bertz CT molecular complexity index is 868. The Labute approximate surface area is 264 Å². The minimum Gasteiger partial charge on any atom is -0.596 e. The molecular weight excluding hydrogens is 456 g/mol. The predicted molar refractivity (Wildman–Crippen MR) is 74.6 cm³/mol. The van der Waals surface area contributed by atoms with Crippen LogP contribution >= 0.6 is 0 Å². The van der Waals surface area contributed by atoms with Crippen molar-refractivity contribution in [1.29, 1.82) is 0 Å². The summed E-state index contributed by atoms with van der Waals surface area (Å²) in [7, 11) is 0. The van der Waals surface area contributed by atoms with E-state index in [1.807, 2.05) is 0 Å². The first kappa shape index (κ1) is 40.9. The molecule has 0 unspecified atom stereocenters. The van der Waals surface area contributed by atoms with Gasteiger partial charge in [-0.05, 0) is 6.07 Å². The van der Waals surface area contributed by atoms with E-state index in [1.54, 1.807) is 0 Å². The van der Waals surface area contributed by atoms with Crippen LogP contribution in [0.25, 0.3) is 0 Å². The van der Waals surface area contributed by atoms with Crippen molar-refractivity contribution in [2.45, 2.75) is 0 Å². The number of hydrogen-bond donors (Lipinski definition) is 0. The molecule has 0 amide bonds.